The van der Waals surface area contributed by atoms with Gasteiger partial charge in [-0.2, -0.15) is 8.78 Å². The van der Waals surface area contributed by atoms with Crippen LogP contribution >= 0.6 is 0 Å². The number of aromatic nitrogens is 1. The quantitative estimate of drug-likeness (QED) is 0.903. The minimum Gasteiger partial charge on any atom is -0.435 e. The molecule has 0 fully saturated rings. The number of hydrogen-bond donors (Lipinski definition) is 1. The predicted molar refractivity (Wildman–Crippen MR) is 66.0 cm³/mol. The zero-order chi connectivity index (χ0) is 13.7. The lowest BCUT2D eigenvalue weighted by molar-refractivity contribution is -0.0499. The minimum absolute atomic E-state index is 0.0396. The van der Waals surface area contributed by atoms with E-state index in [1.54, 1.807) is 30.6 Å². The summed E-state index contributed by atoms with van der Waals surface area (Å²) in [6.45, 7) is -2.87. The number of aliphatic hydroxyl groups is 1. The molecule has 0 radical (unpaired) electrons. The summed E-state index contributed by atoms with van der Waals surface area (Å²) in [6.07, 6.45) is 2.88. The van der Waals surface area contributed by atoms with Crippen LogP contribution in [0, 0.1) is 0 Å². The summed E-state index contributed by atoms with van der Waals surface area (Å²) in [7, 11) is 0. The molecule has 0 aliphatic rings. The number of ether oxygens (including phenoxy) is 1. The van der Waals surface area contributed by atoms with Gasteiger partial charge in [0.2, 0.25) is 0 Å². The van der Waals surface area contributed by atoms with Crippen LogP contribution in [0.3, 0.4) is 0 Å². The molecule has 1 aromatic carbocycles. The van der Waals surface area contributed by atoms with Gasteiger partial charge in [0, 0.05) is 18.8 Å². The number of nitrogens with zero attached hydrogens (tertiary/aromatic N) is 1. The first-order valence-electron chi connectivity index (χ1n) is 5.77. The summed E-state index contributed by atoms with van der Waals surface area (Å²) in [5.74, 6) is 0.0396. The third-order valence-corrected chi connectivity index (χ3v) is 2.62. The van der Waals surface area contributed by atoms with Crippen LogP contribution in [-0.4, -0.2) is 16.7 Å². The largest absolute Gasteiger partial charge is 0.435 e. The molecule has 0 bridgehead atoms. The summed E-state index contributed by atoms with van der Waals surface area (Å²) in [4.78, 5) is 3.95. The molecular weight excluding hydrogens is 252 g/mol. The summed E-state index contributed by atoms with van der Waals surface area (Å²) in [6, 6.07) is 9.69. The highest BCUT2D eigenvalue weighted by Crippen LogP contribution is 2.23. The second-order valence-electron chi connectivity index (χ2n) is 4.03. The molecule has 1 heterocycles. The number of rotatable bonds is 5. The molecule has 0 aliphatic carbocycles. The lowest BCUT2D eigenvalue weighted by atomic mass is 10.0. The lowest BCUT2D eigenvalue weighted by Gasteiger charge is -2.12. The second kappa shape index (κ2) is 6.24. The van der Waals surface area contributed by atoms with Crippen molar-refractivity contribution in [2.45, 2.75) is 19.1 Å². The smallest absolute Gasteiger partial charge is 0.387 e. The van der Waals surface area contributed by atoms with Crippen LogP contribution in [0.5, 0.6) is 5.75 Å². The zero-order valence-electron chi connectivity index (χ0n) is 10.0. The van der Waals surface area contributed by atoms with E-state index in [0.717, 1.165) is 5.56 Å². The number of alkyl halides is 2. The number of pyridine rings is 1. The van der Waals surface area contributed by atoms with Crippen molar-refractivity contribution in [2.75, 3.05) is 0 Å². The van der Waals surface area contributed by atoms with Crippen molar-refractivity contribution < 1.29 is 18.6 Å². The highest BCUT2D eigenvalue weighted by Gasteiger charge is 2.11. The first-order valence-corrected chi connectivity index (χ1v) is 5.77. The van der Waals surface area contributed by atoms with Crippen molar-refractivity contribution >= 4 is 0 Å². The lowest BCUT2D eigenvalue weighted by Crippen LogP contribution is -2.05. The molecule has 100 valence electrons. The Morgan fingerprint density at radius 2 is 2.05 bits per heavy atom. The Labute approximate surface area is 109 Å². The van der Waals surface area contributed by atoms with Crippen LogP contribution in [0.1, 0.15) is 17.2 Å². The van der Waals surface area contributed by atoms with Gasteiger partial charge in [-0.15, -0.1) is 0 Å². The normalized spacial score (nSPS) is 12.4. The third-order valence-electron chi connectivity index (χ3n) is 2.62. The van der Waals surface area contributed by atoms with E-state index in [-0.39, 0.29) is 5.75 Å². The van der Waals surface area contributed by atoms with Crippen LogP contribution in [-0.2, 0) is 6.42 Å². The maximum atomic E-state index is 12.1. The maximum Gasteiger partial charge on any atom is 0.387 e. The topological polar surface area (TPSA) is 42.4 Å². The van der Waals surface area contributed by atoms with Gasteiger partial charge in [0.25, 0.3) is 0 Å². The first kappa shape index (κ1) is 13.4. The highest BCUT2D eigenvalue weighted by atomic mass is 19.3. The van der Waals surface area contributed by atoms with Crippen molar-refractivity contribution in [1.82, 2.24) is 4.98 Å². The van der Waals surface area contributed by atoms with Gasteiger partial charge in [0.05, 0.1) is 6.10 Å². The van der Waals surface area contributed by atoms with Crippen molar-refractivity contribution in [1.29, 1.82) is 0 Å². The van der Waals surface area contributed by atoms with Gasteiger partial charge in [-0.3, -0.25) is 4.98 Å². The van der Waals surface area contributed by atoms with Crippen molar-refractivity contribution in [3.05, 3.63) is 59.9 Å². The Bertz CT molecular complexity index is 520. The average Bonchev–Trinajstić information content (AvgIpc) is 2.39. The average molecular weight is 265 g/mol. The fourth-order valence-electron chi connectivity index (χ4n) is 1.76. The second-order valence-corrected chi connectivity index (χ2v) is 4.03. The molecule has 0 saturated carbocycles. The minimum atomic E-state index is -2.87. The fourth-order valence-corrected chi connectivity index (χ4v) is 1.76. The molecule has 0 spiro atoms. The van der Waals surface area contributed by atoms with Gasteiger partial charge in [0.15, 0.2) is 0 Å². The number of hydrogen-bond acceptors (Lipinski definition) is 3. The summed E-state index contributed by atoms with van der Waals surface area (Å²) in [5, 5.41) is 10.1. The SMILES string of the molecule is OC(Cc1cccnc1)c1cccc(OC(F)F)c1. The molecular formula is C14H13F2NO2. The molecule has 19 heavy (non-hydrogen) atoms. The molecule has 1 aromatic heterocycles. The Hall–Kier alpha value is -2.01. The van der Waals surface area contributed by atoms with Gasteiger partial charge in [-0.25, -0.2) is 0 Å². The molecule has 2 rings (SSSR count). The summed E-state index contributed by atoms with van der Waals surface area (Å²) in [5.41, 5.74) is 1.40. The molecule has 1 unspecified atom stereocenters. The van der Waals surface area contributed by atoms with Crippen LogP contribution in [0.4, 0.5) is 8.78 Å². The van der Waals surface area contributed by atoms with Gasteiger partial charge >= 0.3 is 6.61 Å². The molecule has 0 aliphatic heterocycles. The molecule has 0 amide bonds. The molecule has 1 atom stereocenters. The van der Waals surface area contributed by atoms with Crippen molar-refractivity contribution in [2.24, 2.45) is 0 Å². The number of benzene rings is 1. The van der Waals surface area contributed by atoms with E-state index < -0.39 is 12.7 Å². The highest BCUT2D eigenvalue weighted by molar-refractivity contribution is 5.30. The number of aliphatic hydroxyl groups excluding tert-OH is 1. The van der Waals surface area contributed by atoms with E-state index in [1.165, 1.54) is 12.1 Å². The van der Waals surface area contributed by atoms with E-state index in [9.17, 15) is 13.9 Å². The van der Waals surface area contributed by atoms with Crippen molar-refractivity contribution in [3.63, 3.8) is 0 Å². The van der Waals surface area contributed by atoms with E-state index in [4.69, 9.17) is 0 Å². The van der Waals surface area contributed by atoms with Gasteiger partial charge in [-0.1, -0.05) is 18.2 Å². The van der Waals surface area contributed by atoms with Crippen molar-refractivity contribution in [3.8, 4) is 5.75 Å². The van der Waals surface area contributed by atoms with Crippen LogP contribution in [0.2, 0.25) is 0 Å². The van der Waals surface area contributed by atoms with Crippen LogP contribution < -0.4 is 4.74 Å². The maximum absolute atomic E-state index is 12.1. The predicted octanol–water partition coefficient (Wildman–Crippen LogP) is 2.96. The standard InChI is InChI=1S/C14H13F2NO2/c15-14(16)19-12-5-1-4-11(8-12)13(18)7-10-3-2-6-17-9-10/h1-6,8-9,13-14,18H,7H2. The molecule has 1 N–H and O–H groups in total. The Balaban J connectivity index is 2.08. The molecule has 2 aromatic rings. The Morgan fingerprint density at radius 1 is 1.21 bits per heavy atom. The summed E-state index contributed by atoms with van der Waals surface area (Å²) < 4.78 is 28.5. The van der Waals surface area contributed by atoms with Gasteiger partial charge in [-0.05, 0) is 29.3 Å². The van der Waals surface area contributed by atoms with E-state index in [1.807, 2.05) is 6.07 Å². The molecule has 5 heteroatoms. The third kappa shape index (κ3) is 3.99. The number of halogens is 2. The van der Waals surface area contributed by atoms with Gasteiger partial charge < -0.3 is 9.84 Å². The fraction of sp³-hybridized carbons (Fsp3) is 0.214. The van der Waals surface area contributed by atoms with E-state index >= 15 is 0 Å². The zero-order valence-corrected chi connectivity index (χ0v) is 10.0. The summed E-state index contributed by atoms with van der Waals surface area (Å²) >= 11 is 0. The molecule has 0 saturated heterocycles. The van der Waals surface area contributed by atoms with Crippen LogP contribution in [0.25, 0.3) is 0 Å². The Kier molecular flexibility index (Phi) is 4.41. The van der Waals surface area contributed by atoms with E-state index in [2.05, 4.69) is 9.72 Å². The first-order chi connectivity index (χ1) is 9.15. The van der Waals surface area contributed by atoms with Crippen LogP contribution in [0.15, 0.2) is 48.8 Å². The van der Waals surface area contributed by atoms with Gasteiger partial charge in [0.1, 0.15) is 5.75 Å². The Morgan fingerprint density at radius 3 is 2.74 bits per heavy atom. The molecule has 3 nitrogen and oxygen atoms in total. The van der Waals surface area contributed by atoms with E-state index in [0.29, 0.717) is 12.0 Å². The monoisotopic (exact) mass is 265 g/mol.